The van der Waals surface area contributed by atoms with Crippen LogP contribution in [0.3, 0.4) is 0 Å². The van der Waals surface area contributed by atoms with Crippen LogP contribution in [0.5, 0.6) is 0 Å². The topological polar surface area (TPSA) is 178 Å². The van der Waals surface area contributed by atoms with Crippen LogP contribution < -0.4 is 15.5 Å². The van der Waals surface area contributed by atoms with Gasteiger partial charge in [0.1, 0.15) is 6.04 Å². The Morgan fingerprint density at radius 1 is 0.803 bits per heavy atom. The number of amides is 4. The van der Waals surface area contributed by atoms with Gasteiger partial charge >= 0.3 is 5.97 Å². The molecule has 66 heavy (non-hydrogen) atoms. The lowest BCUT2D eigenvalue weighted by atomic mass is 9.93. The van der Waals surface area contributed by atoms with E-state index in [1.165, 1.54) is 11.1 Å². The number of carbonyl (C=O) groups excluding carboxylic acids is 5. The first-order valence-electron chi connectivity index (χ1n) is 23.1. The maximum Gasteiger partial charge on any atom is 0.336 e. The molecule has 7 heterocycles. The Balaban J connectivity index is 0.737. The van der Waals surface area contributed by atoms with Gasteiger partial charge < -0.3 is 25.3 Å². The van der Waals surface area contributed by atoms with E-state index in [1.54, 1.807) is 16.8 Å². The molecule has 0 spiro atoms. The van der Waals surface area contributed by atoms with E-state index in [1.807, 2.05) is 32.4 Å². The largest absolute Gasteiger partial charge is 0.371 e. The molecule has 17 nitrogen and oxygen atoms in total. The zero-order valence-electron chi connectivity index (χ0n) is 37.9. The molecule has 2 N–H and O–H groups in total. The summed E-state index contributed by atoms with van der Waals surface area (Å²) in [5.41, 5.74) is 8.93. The van der Waals surface area contributed by atoms with Crippen molar-refractivity contribution in [3.05, 3.63) is 94.2 Å². The van der Waals surface area contributed by atoms with Crippen LogP contribution in [-0.4, -0.2) is 121 Å². The zero-order valence-corrected chi connectivity index (χ0v) is 37.9. The Labute approximate surface area is 383 Å². The smallest absolute Gasteiger partial charge is 0.336 e. The third kappa shape index (κ3) is 8.25. The summed E-state index contributed by atoms with van der Waals surface area (Å²) in [4.78, 5) is 89.6. The number of aryl methyl sites for hydroxylation is 3. The van der Waals surface area contributed by atoms with Crippen LogP contribution in [0.1, 0.15) is 81.5 Å². The highest BCUT2D eigenvalue weighted by Crippen LogP contribution is 2.35. The van der Waals surface area contributed by atoms with E-state index in [2.05, 4.69) is 74.5 Å². The van der Waals surface area contributed by atoms with Crippen LogP contribution in [-0.2, 0) is 39.2 Å². The second-order valence-electron chi connectivity index (χ2n) is 18.6. The average Bonchev–Trinajstić information content (AvgIpc) is 3.76. The van der Waals surface area contributed by atoms with Crippen molar-refractivity contribution in [3.8, 4) is 0 Å². The van der Waals surface area contributed by atoms with Crippen molar-refractivity contribution in [2.24, 2.45) is 18.9 Å². The molecule has 4 amide bonds. The Morgan fingerprint density at radius 2 is 1.56 bits per heavy atom. The second kappa shape index (κ2) is 17.6. The number of hydrogen-bond donors (Lipinski definition) is 2. The van der Waals surface area contributed by atoms with Crippen molar-refractivity contribution >= 4 is 69.5 Å². The summed E-state index contributed by atoms with van der Waals surface area (Å²) in [5.74, 6) is -2.05. The van der Waals surface area contributed by atoms with Gasteiger partial charge in [0.2, 0.25) is 5.95 Å². The summed E-state index contributed by atoms with van der Waals surface area (Å²) in [6.45, 7) is 10.00. The number of anilines is 5. The molecule has 3 saturated heterocycles. The van der Waals surface area contributed by atoms with Crippen LogP contribution in [0.2, 0.25) is 0 Å². The van der Waals surface area contributed by atoms with Gasteiger partial charge in [-0.2, -0.15) is 10.1 Å². The SMILES string of the molecule is Cc1cccc(C)c1Nc1nn(C)c2nc(Nc3ccc4c(c3)CN(CC3CCN(c5ccc6c(c5)C(=O)N(C5CCC(=O)N(OC(=O)C7CCN(C)CC7)C5=O)C6=O)CC3)CC4)ncc12. The summed E-state index contributed by atoms with van der Waals surface area (Å²) in [6, 6.07) is 16.7. The van der Waals surface area contributed by atoms with Crippen LogP contribution in [0.15, 0.2) is 60.8 Å². The molecular weight excluding hydrogens is 839 g/mol. The normalized spacial score (nSPS) is 20.0. The predicted octanol–water partition coefficient (Wildman–Crippen LogP) is 5.66. The molecule has 0 bridgehead atoms. The van der Waals surface area contributed by atoms with Crippen molar-refractivity contribution in [1.82, 2.24) is 39.5 Å². The van der Waals surface area contributed by atoms with E-state index < -0.39 is 41.6 Å². The maximum atomic E-state index is 13.9. The minimum absolute atomic E-state index is 0.0283. The molecule has 0 radical (unpaired) electrons. The molecule has 2 aromatic heterocycles. The fourth-order valence-electron chi connectivity index (χ4n) is 10.3. The fourth-order valence-corrected chi connectivity index (χ4v) is 10.3. The van der Waals surface area contributed by atoms with Crippen molar-refractivity contribution in [2.75, 3.05) is 61.8 Å². The van der Waals surface area contributed by atoms with E-state index in [-0.39, 0.29) is 24.0 Å². The highest BCUT2D eigenvalue weighted by molar-refractivity contribution is 6.23. The predicted molar refractivity (Wildman–Crippen MR) is 247 cm³/mol. The molecule has 0 aliphatic carbocycles. The van der Waals surface area contributed by atoms with Gasteiger partial charge in [0, 0.05) is 69.5 Å². The van der Waals surface area contributed by atoms with E-state index in [9.17, 15) is 24.0 Å². The summed E-state index contributed by atoms with van der Waals surface area (Å²) in [6.07, 6.45) is 5.70. The quantitative estimate of drug-likeness (QED) is 0.164. The van der Waals surface area contributed by atoms with Gasteiger partial charge in [0.05, 0.1) is 22.4 Å². The van der Waals surface area contributed by atoms with E-state index in [0.29, 0.717) is 48.7 Å². The number of piperidine rings is 3. The van der Waals surface area contributed by atoms with Crippen LogP contribution in [0.25, 0.3) is 11.0 Å². The molecule has 1 unspecified atom stereocenters. The van der Waals surface area contributed by atoms with E-state index in [0.717, 1.165) is 96.1 Å². The lowest BCUT2D eigenvalue weighted by Gasteiger charge is -2.37. The Morgan fingerprint density at radius 3 is 2.33 bits per heavy atom. The first-order valence-corrected chi connectivity index (χ1v) is 23.1. The lowest BCUT2D eigenvalue weighted by Crippen LogP contribution is -2.56. The molecule has 1 atom stereocenters. The second-order valence-corrected chi connectivity index (χ2v) is 18.6. The number of benzene rings is 3. The van der Waals surface area contributed by atoms with Crippen molar-refractivity contribution in [1.29, 1.82) is 0 Å². The number of nitrogens with one attached hydrogen (secondary N) is 2. The van der Waals surface area contributed by atoms with Crippen molar-refractivity contribution in [2.45, 2.75) is 71.4 Å². The van der Waals surface area contributed by atoms with Gasteiger partial charge in [-0.3, -0.25) is 29.0 Å². The number of aromatic nitrogens is 4. The first-order chi connectivity index (χ1) is 31.9. The van der Waals surface area contributed by atoms with Gasteiger partial charge in [-0.25, -0.2) is 14.5 Å². The Bertz CT molecular complexity index is 2750. The van der Waals surface area contributed by atoms with Gasteiger partial charge in [0.15, 0.2) is 11.5 Å². The van der Waals surface area contributed by atoms with Crippen LogP contribution in [0, 0.1) is 25.7 Å². The van der Waals surface area contributed by atoms with Gasteiger partial charge in [0.25, 0.3) is 23.6 Å². The molecule has 5 aliphatic heterocycles. The third-order valence-corrected chi connectivity index (χ3v) is 14.1. The molecule has 0 saturated carbocycles. The van der Waals surface area contributed by atoms with Crippen molar-refractivity contribution < 1.29 is 28.8 Å². The number of carbonyl (C=O) groups is 5. The molecule has 3 fully saturated rings. The number of fused-ring (bicyclic) bond motifs is 3. The molecular formula is C49H55N11O6. The van der Waals surface area contributed by atoms with Gasteiger partial charge in [-0.1, -0.05) is 24.3 Å². The first kappa shape index (κ1) is 43.2. The van der Waals surface area contributed by atoms with E-state index in [4.69, 9.17) is 14.9 Å². The molecule has 5 aromatic rings. The van der Waals surface area contributed by atoms with Gasteiger partial charge in [-0.15, -0.1) is 5.06 Å². The summed E-state index contributed by atoms with van der Waals surface area (Å²) in [7, 11) is 3.85. The summed E-state index contributed by atoms with van der Waals surface area (Å²) >= 11 is 0. The molecule has 17 heteroatoms. The molecule has 342 valence electrons. The number of imide groups is 2. The van der Waals surface area contributed by atoms with Crippen LogP contribution >= 0.6 is 0 Å². The fraction of sp³-hybridized carbons (Fsp3) is 0.429. The summed E-state index contributed by atoms with van der Waals surface area (Å²) < 4.78 is 1.77. The standard InChI is InChI=1S/C49H55N11O6/c1-29-6-5-7-30(2)42(29)52-43-39-26-50-49(53-44(39)56(4)54-43)51-35-9-8-32-18-21-57(28-34(32)24-35)27-31-14-22-58(23-15-31)36-10-11-37-38(25-36)46(63)59(45(37)62)40-12-13-41(61)60(47(40)64)66-48(65)33-16-19-55(3)20-17-33/h5-11,24-26,31,33,40H,12-23,27-28H2,1-4H3,(H,52,54)(H,50,51,53). The Hall–Kier alpha value is -6.72. The van der Waals surface area contributed by atoms with Gasteiger partial charge in [-0.05, 0) is 131 Å². The number of likely N-dealkylation sites (tertiary alicyclic amines) is 1. The minimum atomic E-state index is -1.24. The highest BCUT2D eigenvalue weighted by Gasteiger charge is 2.49. The third-order valence-electron chi connectivity index (χ3n) is 14.1. The van der Waals surface area contributed by atoms with Crippen molar-refractivity contribution in [3.63, 3.8) is 0 Å². The zero-order chi connectivity index (χ0) is 45.8. The van der Waals surface area contributed by atoms with Crippen LogP contribution in [0.4, 0.5) is 28.8 Å². The number of para-hydroxylation sites is 1. The molecule has 10 rings (SSSR count). The van der Waals surface area contributed by atoms with E-state index >= 15 is 0 Å². The maximum absolute atomic E-state index is 13.9. The number of nitrogens with zero attached hydrogens (tertiary/aromatic N) is 9. The molecule has 5 aliphatic rings. The number of hydrogen-bond acceptors (Lipinski definition) is 14. The monoisotopic (exact) mass is 893 g/mol. The molecule has 3 aromatic carbocycles. The lowest BCUT2D eigenvalue weighted by molar-refractivity contribution is -0.211. The number of rotatable bonds is 10. The average molecular weight is 894 g/mol. The summed E-state index contributed by atoms with van der Waals surface area (Å²) in [5, 5.41) is 13.0. The minimum Gasteiger partial charge on any atom is -0.371 e. The number of hydroxylamine groups is 2. The highest BCUT2D eigenvalue weighted by atomic mass is 16.7. The Kier molecular flexibility index (Phi) is 11.5.